The van der Waals surface area contributed by atoms with E-state index in [-0.39, 0.29) is 49.5 Å². The fourth-order valence-corrected chi connectivity index (χ4v) is 9.14. The summed E-state index contributed by atoms with van der Waals surface area (Å²) < 4.78 is 38.4. The lowest BCUT2D eigenvalue weighted by Gasteiger charge is -2.54. The zero-order valence-electron chi connectivity index (χ0n) is 37.9. The van der Waals surface area contributed by atoms with Crippen LogP contribution in [0.4, 0.5) is 0 Å². The first-order valence-electron chi connectivity index (χ1n) is 21.1. The van der Waals surface area contributed by atoms with Crippen molar-refractivity contribution in [3.05, 3.63) is 0 Å². The van der Waals surface area contributed by atoms with Gasteiger partial charge in [-0.05, 0) is 109 Å². The summed E-state index contributed by atoms with van der Waals surface area (Å²) in [6.45, 7) is 24.0. The Bertz CT molecular complexity index is 1280. The number of nitrogens with zero attached hydrogens (tertiary/aromatic N) is 1. The molecule has 0 aromatic carbocycles. The number of aliphatic hydroxyl groups excluding tert-OH is 2. The van der Waals surface area contributed by atoms with E-state index in [0.717, 1.165) is 0 Å². The van der Waals surface area contributed by atoms with E-state index >= 15 is 0 Å². The van der Waals surface area contributed by atoms with Crippen molar-refractivity contribution in [1.29, 1.82) is 0 Å². The van der Waals surface area contributed by atoms with E-state index in [2.05, 4.69) is 10.6 Å². The molecule has 15 heteroatoms. The van der Waals surface area contributed by atoms with Gasteiger partial charge in [0.15, 0.2) is 12.6 Å². The van der Waals surface area contributed by atoms with E-state index in [1.54, 1.807) is 41.5 Å². The van der Waals surface area contributed by atoms with Crippen LogP contribution in [0.3, 0.4) is 0 Å². The second-order valence-corrected chi connectivity index (χ2v) is 19.6. The minimum absolute atomic E-state index is 0.0763. The van der Waals surface area contributed by atoms with E-state index < -0.39 is 95.3 Å². The summed E-state index contributed by atoms with van der Waals surface area (Å²) in [7, 11) is 5.30. The third-order valence-corrected chi connectivity index (χ3v) is 13.1. The molecular formula is C42H81N3O12. The number of hydrogen-bond donors (Lipinski definition) is 7. The minimum atomic E-state index is -1.80. The number of β-amino-alcohol motifs (C(OH)–C–C–N with tert-alkyl or cyclic N) is 1. The Hall–Kier alpha value is -1.05. The number of esters is 1. The van der Waals surface area contributed by atoms with Crippen LogP contribution in [0.2, 0.25) is 0 Å². The number of nitrogens with one attached hydrogen (secondary N) is 2. The smallest absolute Gasteiger partial charge is 0.311 e. The topological polar surface area (TPSA) is 201 Å². The average Bonchev–Trinajstić information content (AvgIpc) is 3.11. The maximum atomic E-state index is 14.4. The molecule has 0 aromatic heterocycles. The van der Waals surface area contributed by atoms with Crippen molar-refractivity contribution in [3.8, 4) is 0 Å². The lowest BCUT2D eigenvalue weighted by molar-refractivity contribution is -0.336. The van der Waals surface area contributed by atoms with E-state index in [9.17, 15) is 30.3 Å². The first-order chi connectivity index (χ1) is 26.0. The van der Waals surface area contributed by atoms with Gasteiger partial charge < -0.3 is 69.5 Å². The number of cyclic esters (lactones) is 1. The number of rotatable bonds is 9. The fraction of sp³-hybridized carbons (Fsp3) is 0.976. The average molecular weight is 820 g/mol. The maximum absolute atomic E-state index is 14.4. The molecule has 0 radical (unpaired) electrons. The van der Waals surface area contributed by atoms with Crippen molar-refractivity contribution in [2.24, 2.45) is 17.8 Å². The minimum Gasteiger partial charge on any atom is -0.459 e. The summed E-state index contributed by atoms with van der Waals surface area (Å²) in [5.74, 6) is -2.98. The number of aliphatic hydroxyl groups is 5. The summed E-state index contributed by atoms with van der Waals surface area (Å²) in [4.78, 5) is 16.3. The van der Waals surface area contributed by atoms with Crippen LogP contribution in [-0.4, -0.2) is 166 Å². The van der Waals surface area contributed by atoms with Crippen LogP contribution < -0.4 is 10.6 Å². The number of ether oxygens (including phenoxy) is 6. The van der Waals surface area contributed by atoms with Crippen LogP contribution in [0.1, 0.15) is 116 Å². The monoisotopic (exact) mass is 820 g/mol. The molecule has 0 bridgehead atoms. The van der Waals surface area contributed by atoms with E-state index in [1.807, 2.05) is 60.5 Å². The van der Waals surface area contributed by atoms with Gasteiger partial charge in [0.2, 0.25) is 0 Å². The van der Waals surface area contributed by atoms with Gasteiger partial charge in [-0.3, -0.25) is 4.79 Å². The van der Waals surface area contributed by atoms with Crippen LogP contribution in [-0.2, 0) is 33.2 Å². The van der Waals surface area contributed by atoms with Crippen LogP contribution in [0, 0.1) is 17.8 Å². The molecule has 0 spiro atoms. The van der Waals surface area contributed by atoms with Crippen molar-refractivity contribution in [2.45, 2.75) is 211 Å². The Morgan fingerprint density at radius 1 is 0.965 bits per heavy atom. The van der Waals surface area contributed by atoms with Crippen molar-refractivity contribution in [2.75, 3.05) is 34.3 Å². The molecule has 0 aliphatic carbocycles. The summed E-state index contributed by atoms with van der Waals surface area (Å²) in [5.41, 5.74) is -6.35. The lowest BCUT2D eigenvalue weighted by atomic mass is 9.75. The molecule has 3 fully saturated rings. The Labute approximate surface area is 342 Å². The molecule has 336 valence electrons. The second kappa shape index (κ2) is 19.3. The van der Waals surface area contributed by atoms with Crippen LogP contribution >= 0.6 is 0 Å². The number of carbonyl (C=O) groups is 1. The number of carbonyl (C=O) groups excluding carboxylic acids is 1. The van der Waals surface area contributed by atoms with E-state index in [4.69, 9.17) is 28.4 Å². The molecule has 7 N–H and O–H groups in total. The zero-order valence-corrected chi connectivity index (χ0v) is 37.9. The van der Waals surface area contributed by atoms with Gasteiger partial charge in [-0.1, -0.05) is 20.8 Å². The molecule has 0 amide bonds. The number of methoxy groups -OCH3 is 1. The Kier molecular flexibility index (Phi) is 17.1. The van der Waals surface area contributed by atoms with Gasteiger partial charge in [0, 0.05) is 50.2 Å². The fourth-order valence-electron chi connectivity index (χ4n) is 9.14. The van der Waals surface area contributed by atoms with Crippen LogP contribution in [0.5, 0.6) is 0 Å². The van der Waals surface area contributed by atoms with Crippen LogP contribution in [0.25, 0.3) is 0 Å². The standard InChI is InChI=1S/C42H81N3O12/c1-17-30-41(13,50)34(47)23(2)21-43-24(3)19-39(11,49)35(57-37-32(46)29(45(14)15)18-25(4)53-37)26(5)33(27(6)36(48)55-30)56-31-20-40(12,52-16)42(51,28(7)54-31)22-44-38(8,9)10/h23-35,37,43-44,46-47,49-51H,17-22H2,1-16H3/t23-,24-,25-,26-,27-,28+,29+,30+,31?,32-,33-,34+,35-,37+,39-,40-,41-,42+/m1/s1. The highest BCUT2D eigenvalue weighted by Crippen LogP contribution is 2.43. The van der Waals surface area contributed by atoms with E-state index in [0.29, 0.717) is 13.0 Å². The summed E-state index contributed by atoms with van der Waals surface area (Å²) in [6, 6.07) is -0.598. The van der Waals surface area contributed by atoms with Gasteiger partial charge in [-0.2, -0.15) is 0 Å². The lowest BCUT2D eigenvalue weighted by Crippen LogP contribution is -2.71. The molecular weight excluding hydrogens is 738 g/mol. The maximum Gasteiger partial charge on any atom is 0.311 e. The van der Waals surface area contributed by atoms with Crippen molar-refractivity contribution >= 4 is 5.97 Å². The normalized spacial score (nSPS) is 47.6. The first-order valence-corrected chi connectivity index (χ1v) is 21.1. The Morgan fingerprint density at radius 2 is 1.58 bits per heavy atom. The number of hydrogen-bond acceptors (Lipinski definition) is 15. The number of likely N-dealkylation sites (N-methyl/N-ethyl adjacent to an activating group) is 1. The summed E-state index contributed by atoms with van der Waals surface area (Å²) >= 11 is 0. The molecule has 0 saturated carbocycles. The third-order valence-electron chi connectivity index (χ3n) is 13.1. The molecule has 1 unspecified atom stereocenters. The predicted molar refractivity (Wildman–Crippen MR) is 216 cm³/mol. The molecule has 3 aliphatic heterocycles. The highest BCUT2D eigenvalue weighted by molar-refractivity contribution is 5.73. The molecule has 0 aromatic rings. The van der Waals surface area contributed by atoms with E-state index in [1.165, 1.54) is 14.0 Å². The molecule has 3 saturated heterocycles. The Balaban J connectivity index is 2.17. The highest BCUT2D eigenvalue weighted by Gasteiger charge is 2.58. The molecule has 3 rings (SSSR count). The zero-order chi connectivity index (χ0) is 43.6. The molecule has 57 heavy (non-hydrogen) atoms. The summed E-state index contributed by atoms with van der Waals surface area (Å²) in [6.07, 6.45) is -7.70. The molecule has 3 heterocycles. The molecule has 18 atom stereocenters. The molecule has 15 nitrogen and oxygen atoms in total. The molecule has 3 aliphatic rings. The van der Waals surface area contributed by atoms with Crippen molar-refractivity contribution in [1.82, 2.24) is 15.5 Å². The SMILES string of the molecule is CC[C@@H]1OC(=O)[C@H](C)[C@H](OC2C[C@@](C)(OC)[C@](O)(CNC(C)(C)C)[C@H](C)O2)[C@@H](C)[C@@H](O[C@@H]2O[C@H](C)C[C@H](N(C)C)[C@H]2O)[C@](C)(O)C[C@@H](C)NC[C@@H](C)[C@H](O)[C@]1(C)O. The quantitative estimate of drug-likeness (QED) is 0.167. The van der Waals surface area contributed by atoms with Gasteiger partial charge in [0.1, 0.15) is 29.0 Å². The van der Waals surface area contributed by atoms with Gasteiger partial charge >= 0.3 is 5.97 Å². The van der Waals surface area contributed by atoms with Crippen LogP contribution in [0.15, 0.2) is 0 Å². The largest absolute Gasteiger partial charge is 0.459 e. The third kappa shape index (κ3) is 11.7. The first kappa shape index (κ1) is 50.3. The predicted octanol–water partition coefficient (Wildman–Crippen LogP) is 2.32. The second-order valence-electron chi connectivity index (χ2n) is 19.6. The highest BCUT2D eigenvalue weighted by atomic mass is 16.7. The summed E-state index contributed by atoms with van der Waals surface area (Å²) in [5, 5.41) is 66.2. The Morgan fingerprint density at radius 3 is 2.12 bits per heavy atom. The van der Waals surface area contributed by atoms with Crippen molar-refractivity contribution in [3.63, 3.8) is 0 Å². The van der Waals surface area contributed by atoms with Gasteiger partial charge in [-0.15, -0.1) is 0 Å². The van der Waals surface area contributed by atoms with Gasteiger partial charge in [-0.25, -0.2) is 0 Å². The van der Waals surface area contributed by atoms with Gasteiger partial charge in [0.05, 0.1) is 42.0 Å². The van der Waals surface area contributed by atoms with Gasteiger partial charge in [0.25, 0.3) is 0 Å². The van der Waals surface area contributed by atoms with Crippen molar-refractivity contribution < 1.29 is 58.7 Å².